The summed E-state index contributed by atoms with van der Waals surface area (Å²) in [6.45, 7) is 2.16. The van der Waals surface area contributed by atoms with Gasteiger partial charge in [0.1, 0.15) is 0 Å². The van der Waals surface area contributed by atoms with Gasteiger partial charge in [-0.25, -0.2) is 0 Å². The molecule has 1 aliphatic carbocycles. The Bertz CT molecular complexity index is 592. The molecule has 0 saturated heterocycles. The van der Waals surface area contributed by atoms with Crippen molar-refractivity contribution >= 4 is 11.9 Å². The molecule has 2 rings (SSSR count). The van der Waals surface area contributed by atoms with Crippen LogP contribution < -0.4 is 5.32 Å². The summed E-state index contributed by atoms with van der Waals surface area (Å²) in [6, 6.07) is 7.83. The van der Waals surface area contributed by atoms with Gasteiger partial charge in [-0.05, 0) is 44.6 Å². The van der Waals surface area contributed by atoms with E-state index in [0.717, 1.165) is 30.4 Å². The monoisotopic (exact) mass is 315 g/mol. The fourth-order valence-corrected chi connectivity index (χ4v) is 2.94. The molecule has 124 valence electrons. The lowest BCUT2D eigenvalue weighted by molar-refractivity contribution is -0.141. The molecule has 4 heteroatoms. The number of aryl methyl sites for hydroxylation is 1. The van der Waals surface area contributed by atoms with Crippen molar-refractivity contribution in [1.82, 2.24) is 5.32 Å². The summed E-state index contributed by atoms with van der Waals surface area (Å²) < 4.78 is 0. The fraction of sp³-hybridized carbons (Fsp3) is 0.474. The molecule has 0 heterocycles. The van der Waals surface area contributed by atoms with Gasteiger partial charge in [0, 0.05) is 13.0 Å². The second-order valence-electron chi connectivity index (χ2n) is 6.32. The average molecular weight is 315 g/mol. The predicted octanol–water partition coefficient (Wildman–Crippen LogP) is 3.25. The van der Waals surface area contributed by atoms with Crippen molar-refractivity contribution in [2.45, 2.75) is 45.4 Å². The standard InChI is InChI=1S/C19H25NO3/c1-14-6-5-9-16(10-14)11-17(19(22)23)13-20-18(21)12-15-7-3-2-4-8-15/h5-7,9-10,17H,2-4,8,11-13H2,1H3,(H,20,21)(H,22,23). The van der Waals surface area contributed by atoms with Gasteiger partial charge in [-0.15, -0.1) is 0 Å². The maximum absolute atomic E-state index is 12.0. The van der Waals surface area contributed by atoms with Gasteiger partial charge in [0.2, 0.25) is 5.91 Å². The Morgan fingerprint density at radius 2 is 2.13 bits per heavy atom. The van der Waals surface area contributed by atoms with Crippen molar-refractivity contribution in [1.29, 1.82) is 0 Å². The van der Waals surface area contributed by atoms with E-state index in [-0.39, 0.29) is 12.5 Å². The minimum absolute atomic E-state index is 0.0753. The number of nitrogens with one attached hydrogen (secondary N) is 1. The van der Waals surface area contributed by atoms with E-state index in [2.05, 4.69) is 11.4 Å². The van der Waals surface area contributed by atoms with Crippen LogP contribution in [0.15, 0.2) is 35.9 Å². The van der Waals surface area contributed by atoms with Gasteiger partial charge in [-0.1, -0.05) is 41.5 Å². The van der Waals surface area contributed by atoms with Crippen LogP contribution in [0.25, 0.3) is 0 Å². The summed E-state index contributed by atoms with van der Waals surface area (Å²) in [4.78, 5) is 23.4. The van der Waals surface area contributed by atoms with Crippen LogP contribution in [0.1, 0.15) is 43.2 Å². The van der Waals surface area contributed by atoms with E-state index in [0.29, 0.717) is 12.8 Å². The first-order valence-electron chi connectivity index (χ1n) is 8.27. The molecular weight excluding hydrogens is 290 g/mol. The molecule has 1 unspecified atom stereocenters. The second-order valence-corrected chi connectivity index (χ2v) is 6.32. The van der Waals surface area contributed by atoms with E-state index < -0.39 is 11.9 Å². The van der Waals surface area contributed by atoms with Crippen molar-refractivity contribution in [3.8, 4) is 0 Å². The molecule has 1 amide bonds. The van der Waals surface area contributed by atoms with Gasteiger partial charge in [-0.2, -0.15) is 0 Å². The van der Waals surface area contributed by atoms with Gasteiger partial charge < -0.3 is 10.4 Å². The zero-order valence-electron chi connectivity index (χ0n) is 13.7. The van der Waals surface area contributed by atoms with Crippen molar-refractivity contribution in [3.05, 3.63) is 47.0 Å². The van der Waals surface area contributed by atoms with Crippen LogP contribution in [0.3, 0.4) is 0 Å². The first-order chi connectivity index (χ1) is 11.0. The number of carbonyl (C=O) groups excluding carboxylic acids is 1. The molecule has 4 nitrogen and oxygen atoms in total. The smallest absolute Gasteiger partial charge is 0.308 e. The lowest BCUT2D eigenvalue weighted by Crippen LogP contribution is -2.34. The molecule has 0 aliphatic heterocycles. The largest absolute Gasteiger partial charge is 0.481 e. The highest BCUT2D eigenvalue weighted by Gasteiger charge is 2.19. The topological polar surface area (TPSA) is 66.4 Å². The molecule has 0 aromatic heterocycles. The summed E-state index contributed by atoms with van der Waals surface area (Å²) in [6.07, 6.45) is 7.35. The Balaban J connectivity index is 1.85. The molecule has 0 radical (unpaired) electrons. The zero-order chi connectivity index (χ0) is 16.7. The van der Waals surface area contributed by atoms with Gasteiger partial charge in [-0.3, -0.25) is 9.59 Å². The maximum atomic E-state index is 12.0. The minimum atomic E-state index is -0.872. The molecule has 0 spiro atoms. The number of carbonyl (C=O) groups is 2. The Morgan fingerprint density at radius 1 is 1.30 bits per heavy atom. The van der Waals surface area contributed by atoms with Crippen molar-refractivity contribution in [2.24, 2.45) is 5.92 Å². The molecule has 0 fully saturated rings. The Hall–Kier alpha value is -2.10. The van der Waals surface area contributed by atoms with Crippen LogP contribution in [-0.4, -0.2) is 23.5 Å². The third kappa shape index (κ3) is 5.89. The number of carboxylic acids is 1. The van der Waals surface area contributed by atoms with Gasteiger partial charge in [0.05, 0.1) is 5.92 Å². The van der Waals surface area contributed by atoms with Crippen LogP contribution >= 0.6 is 0 Å². The Kier molecular flexibility index (Phi) is 6.39. The van der Waals surface area contributed by atoms with Crippen LogP contribution in [0.5, 0.6) is 0 Å². The highest BCUT2D eigenvalue weighted by Crippen LogP contribution is 2.20. The molecular formula is C19H25NO3. The van der Waals surface area contributed by atoms with E-state index in [1.54, 1.807) is 0 Å². The van der Waals surface area contributed by atoms with E-state index >= 15 is 0 Å². The summed E-state index contributed by atoms with van der Waals surface area (Å²) in [5.41, 5.74) is 3.28. The van der Waals surface area contributed by atoms with Gasteiger partial charge in [0.15, 0.2) is 0 Å². The number of benzene rings is 1. The number of hydrogen-bond donors (Lipinski definition) is 2. The molecule has 2 N–H and O–H groups in total. The van der Waals surface area contributed by atoms with Crippen LogP contribution in [0.2, 0.25) is 0 Å². The molecule has 1 aliphatic rings. The molecule has 1 atom stereocenters. The molecule has 0 saturated carbocycles. The first-order valence-corrected chi connectivity index (χ1v) is 8.27. The number of aliphatic carboxylic acids is 1. The summed E-state index contributed by atoms with van der Waals surface area (Å²) in [5.74, 6) is -1.54. The van der Waals surface area contributed by atoms with Gasteiger partial charge >= 0.3 is 5.97 Å². The lowest BCUT2D eigenvalue weighted by Gasteiger charge is -2.16. The third-order valence-corrected chi connectivity index (χ3v) is 4.23. The summed E-state index contributed by atoms with van der Waals surface area (Å²) >= 11 is 0. The molecule has 0 bridgehead atoms. The molecule has 1 aromatic rings. The number of amides is 1. The number of allylic oxidation sites excluding steroid dienone is 1. The normalized spacial score (nSPS) is 15.6. The SMILES string of the molecule is Cc1cccc(CC(CNC(=O)CC2=CCCCC2)C(=O)O)c1. The van der Waals surface area contributed by atoms with E-state index in [9.17, 15) is 14.7 Å². The minimum Gasteiger partial charge on any atom is -0.481 e. The van der Waals surface area contributed by atoms with Crippen LogP contribution in [0, 0.1) is 12.8 Å². The predicted molar refractivity (Wildman–Crippen MR) is 90.2 cm³/mol. The summed E-state index contributed by atoms with van der Waals surface area (Å²) in [7, 11) is 0. The molecule has 1 aromatic carbocycles. The number of rotatable bonds is 7. The van der Waals surface area contributed by atoms with Crippen LogP contribution in [-0.2, 0) is 16.0 Å². The first kappa shape index (κ1) is 17.3. The number of carboxylic acid groups (broad SMARTS) is 1. The number of hydrogen-bond acceptors (Lipinski definition) is 2. The van der Waals surface area contributed by atoms with E-state index in [1.807, 2.05) is 31.2 Å². The summed E-state index contributed by atoms with van der Waals surface area (Å²) in [5, 5.41) is 12.2. The maximum Gasteiger partial charge on any atom is 0.308 e. The van der Waals surface area contributed by atoms with Crippen molar-refractivity contribution in [3.63, 3.8) is 0 Å². The zero-order valence-corrected chi connectivity index (χ0v) is 13.7. The highest BCUT2D eigenvalue weighted by molar-refractivity contribution is 5.79. The Morgan fingerprint density at radius 3 is 2.78 bits per heavy atom. The lowest BCUT2D eigenvalue weighted by atomic mass is 9.96. The van der Waals surface area contributed by atoms with E-state index in [4.69, 9.17) is 0 Å². The Labute approximate surface area is 137 Å². The van der Waals surface area contributed by atoms with Crippen molar-refractivity contribution in [2.75, 3.05) is 6.54 Å². The fourth-order valence-electron chi connectivity index (χ4n) is 2.94. The second kappa shape index (κ2) is 8.51. The highest BCUT2D eigenvalue weighted by atomic mass is 16.4. The average Bonchev–Trinajstić information content (AvgIpc) is 2.52. The quantitative estimate of drug-likeness (QED) is 0.759. The van der Waals surface area contributed by atoms with Gasteiger partial charge in [0.25, 0.3) is 0 Å². The van der Waals surface area contributed by atoms with Crippen LogP contribution in [0.4, 0.5) is 0 Å². The molecule has 23 heavy (non-hydrogen) atoms. The van der Waals surface area contributed by atoms with Crippen molar-refractivity contribution < 1.29 is 14.7 Å². The van der Waals surface area contributed by atoms with E-state index in [1.165, 1.54) is 12.0 Å². The third-order valence-electron chi connectivity index (χ3n) is 4.23.